The SMILES string of the molecule is COCCOCC(=O)N1CCN(C(=O)c2ccc(C(C)C)cc2)CC1. The number of hydrogen-bond acceptors (Lipinski definition) is 4. The van der Waals surface area contributed by atoms with E-state index in [0.29, 0.717) is 50.9 Å². The maximum absolute atomic E-state index is 12.6. The molecule has 0 bridgehead atoms. The summed E-state index contributed by atoms with van der Waals surface area (Å²) in [5.74, 6) is 0.438. The molecule has 1 aromatic carbocycles. The predicted molar refractivity (Wildman–Crippen MR) is 95.7 cm³/mol. The molecule has 1 aliphatic heterocycles. The van der Waals surface area contributed by atoms with Crippen LogP contribution in [0.2, 0.25) is 0 Å². The average molecular weight is 348 g/mol. The van der Waals surface area contributed by atoms with Crippen molar-refractivity contribution in [2.45, 2.75) is 19.8 Å². The first kappa shape index (κ1) is 19.4. The van der Waals surface area contributed by atoms with E-state index in [2.05, 4.69) is 13.8 Å². The second-order valence-corrected chi connectivity index (χ2v) is 6.50. The Kier molecular flexibility index (Phi) is 7.40. The van der Waals surface area contributed by atoms with Gasteiger partial charge in [0.2, 0.25) is 5.91 Å². The minimum atomic E-state index is -0.0375. The molecule has 6 nitrogen and oxygen atoms in total. The summed E-state index contributed by atoms with van der Waals surface area (Å²) in [7, 11) is 1.60. The zero-order valence-electron chi connectivity index (χ0n) is 15.4. The Morgan fingerprint density at radius 2 is 1.60 bits per heavy atom. The molecule has 138 valence electrons. The summed E-state index contributed by atoms with van der Waals surface area (Å²) >= 11 is 0. The van der Waals surface area contributed by atoms with Crippen LogP contribution in [-0.2, 0) is 14.3 Å². The molecule has 0 spiro atoms. The van der Waals surface area contributed by atoms with Crippen LogP contribution in [0.15, 0.2) is 24.3 Å². The number of ether oxygens (including phenoxy) is 2. The van der Waals surface area contributed by atoms with Crippen molar-refractivity contribution in [3.8, 4) is 0 Å². The topological polar surface area (TPSA) is 59.1 Å². The fourth-order valence-corrected chi connectivity index (χ4v) is 2.75. The third-order valence-electron chi connectivity index (χ3n) is 4.40. The number of nitrogens with zero attached hydrogens (tertiary/aromatic N) is 2. The Morgan fingerprint density at radius 1 is 1.00 bits per heavy atom. The van der Waals surface area contributed by atoms with Gasteiger partial charge in [-0.05, 0) is 23.6 Å². The van der Waals surface area contributed by atoms with Crippen molar-refractivity contribution in [2.24, 2.45) is 0 Å². The van der Waals surface area contributed by atoms with Crippen molar-refractivity contribution in [1.82, 2.24) is 9.80 Å². The van der Waals surface area contributed by atoms with E-state index in [0.717, 1.165) is 0 Å². The molecule has 0 saturated carbocycles. The van der Waals surface area contributed by atoms with E-state index in [4.69, 9.17) is 9.47 Å². The van der Waals surface area contributed by atoms with Gasteiger partial charge in [0.1, 0.15) is 6.61 Å². The summed E-state index contributed by atoms with van der Waals surface area (Å²) < 4.78 is 10.1. The molecule has 0 unspecified atom stereocenters. The van der Waals surface area contributed by atoms with Crippen LogP contribution in [0.1, 0.15) is 35.7 Å². The van der Waals surface area contributed by atoms with Gasteiger partial charge in [0.25, 0.3) is 5.91 Å². The number of hydrogen-bond donors (Lipinski definition) is 0. The van der Waals surface area contributed by atoms with Gasteiger partial charge in [0.05, 0.1) is 13.2 Å². The monoisotopic (exact) mass is 348 g/mol. The lowest BCUT2D eigenvalue weighted by Crippen LogP contribution is -2.51. The molecule has 2 rings (SSSR count). The molecule has 0 aromatic heterocycles. The number of carbonyl (C=O) groups is 2. The second kappa shape index (κ2) is 9.53. The fraction of sp³-hybridized carbons (Fsp3) is 0.579. The highest BCUT2D eigenvalue weighted by atomic mass is 16.5. The number of methoxy groups -OCH3 is 1. The molecule has 25 heavy (non-hydrogen) atoms. The molecule has 1 heterocycles. The Labute approximate surface area is 149 Å². The van der Waals surface area contributed by atoms with Crippen LogP contribution >= 0.6 is 0 Å². The highest BCUT2D eigenvalue weighted by Crippen LogP contribution is 2.16. The van der Waals surface area contributed by atoms with E-state index in [-0.39, 0.29) is 18.4 Å². The number of piperazine rings is 1. The molecule has 1 fully saturated rings. The molecule has 2 amide bonds. The molecule has 0 radical (unpaired) electrons. The van der Waals surface area contributed by atoms with Crippen molar-refractivity contribution in [1.29, 1.82) is 0 Å². The van der Waals surface area contributed by atoms with Crippen molar-refractivity contribution in [3.63, 3.8) is 0 Å². The molecule has 1 aromatic rings. The smallest absolute Gasteiger partial charge is 0.253 e. The van der Waals surface area contributed by atoms with Crippen LogP contribution in [0.25, 0.3) is 0 Å². The standard InChI is InChI=1S/C19H28N2O4/c1-15(2)16-4-6-17(7-5-16)19(23)21-10-8-20(9-11-21)18(22)14-25-13-12-24-3/h4-7,15H,8-14H2,1-3H3. The normalized spacial score (nSPS) is 14.9. The van der Waals surface area contributed by atoms with E-state index in [9.17, 15) is 9.59 Å². The maximum atomic E-state index is 12.6. The Morgan fingerprint density at radius 3 is 2.16 bits per heavy atom. The van der Waals surface area contributed by atoms with Crippen molar-refractivity contribution in [2.75, 3.05) is 53.1 Å². The number of benzene rings is 1. The van der Waals surface area contributed by atoms with Crippen LogP contribution in [0.4, 0.5) is 0 Å². The molecular weight excluding hydrogens is 320 g/mol. The quantitative estimate of drug-likeness (QED) is 0.705. The minimum Gasteiger partial charge on any atom is -0.382 e. The van der Waals surface area contributed by atoms with E-state index < -0.39 is 0 Å². The first-order valence-corrected chi connectivity index (χ1v) is 8.76. The van der Waals surface area contributed by atoms with Gasteiger partial charge >= 0.3 is 0 Å². The van der Waals surface area contributed by atoms with E-state index in [1.54, 1.807) is 16.9 Å². The fourth-order valence-electron chi connectivity index (χ4n) is 2.75. The lowest BCUT2D eigenvalue weighted by Gasteiger charge is -2.34. The first-order chi connectivity index (χ1) is 12.0. The summed E-state index contributed by atoms with van der Waals surface area (Å²) in [4.78, 5) is 28.2. The van der Waals surface area contributed by atoms with Crippen LogP contribution in [0, 0.1) is 0 Å². The molecule has 1 saturated heterocycles. The van der Waals surface area contributed by atoms with Gasteiger partial charge in [-0.2, -0.15) is 0 Å². The molecule has 0 aliphatic carbocycles. The zero-order chi connectivity index (χ0) is 18.2. The maximum Gasteiger partial charge on any atom is 0.253 e. The van der Waals surface area contributed by atoms with Gasteiger partial charge in [-0.25, -0.2) is 0 Å². The van der Waals surface area contributed by atoms with Crippen molar-refractivity contribution >= 4 is 11.8 Å². The van der Waals surface area contributed by atoms with Crippen molar-refractivity contribution < 1.29 is 19.1 Å². The lowest BCUT2D eigenvalue weighted by atomic mass is 10.0. The van der Waals surface area contributed by atoms with E-state index >= 15 is 0 Å². The number of amides is 2. The second-order valence-electron chi connectivity index (χ2n) is 6.50. The predicted octanol–water partition coefficient (Wildman–Crippen LogP) is 1.76. The third-order valence-corrected chi connectivity index (χ3v) is 4.40. The van der Waals surface area contributed by atoms with Gasteiger partial charge in [-0.15, -0.1) is 0 Å². The van der Waals surface area contributed by atoms with E-state index in [1.807, 2.05) is 24.3 Å². The highest BCUT2D eigenvalue weighted by Gasteiger charge is 2.24. The highest BCUT2D eigenvalue weighted by molar-refractivity contribution is 5.94. The van der Waals surface area contributed by atoms with Gasteiger partial charge in [-0.3, -0.25) is 9.59 Å². The Hall–Kier alpha value is -1.92. The molecule has 1 aliphatic rings. The summed E-state index contributed by atoms with van der Waals surface area (Å²) in [6.07, 6.45) is 0. The number of carbonyl (C=O) groups excluding carboxylic acids is 2. The summed E-state index contributed by atoms with van der Waals surface area (Å²) in [5, 5.41) is 0. The van der Waals surface area contributed by atoms with Gasteiger partial charge in [0, 0.05) is 38.9 Å². The third kappa shape index (κ3) is 5.54. The minimum absolute atomic E-state index is 0.0266. The summed E-state index contributed by atoms with van der Waals surface area (Å²) in [6.45, 7) is 7.40. The summed E-state index contributed by atoms with van der Waals surface area (Å²) in [6, 6.07) is 7.79. The Balaban J connectivity index is 1.80. The van der Waals surface area contributed by atoms with Crippen LogP contribution in [-0.4, -0.2) is 74.7 Å². The Bertz CT molecular complexity index is 563. The van der Waals surface area contributed by atoms with Crippen LogP contribution in [0.5, 0.6) is 0 Å². The molecule has 6 heteroatoms. The lowest BCUT2D eigenvalue weighted by molar-refractivity contribution is -0.138. The summed E-state index contributed by atoms with van der Waals surface area (Å²) in [5.41, 5.74) is 1.92. The van der Waals surface area contributed by atoms with Crippen molar-refractivity contribution in [3.05, 3.63) is 35.4 Å². The van der Waals surface area contributed by atoms with Gasteiger partial charge in [0.15, 0.2) is 0 Å². The first-order valence-electron chi connectivity index (χ1n) is 8.76. The number of rotatable bonds is 7. The largest absolute Gasteiger partial charge is 0.382 e. The van der Waals surface area contributed by atoms with Gasteiger partial charge < -0.3 is 19.3 Å². The zero-order valence-corrected chi connectivity index (χ0v) is 15.4. The molecule has 0 N–H and O–H groups in total. The average Bonchev–Trinajstić information content (AvgIpc) is 2.64. The van der Waals surface area contributed by atoms with Crippen LogP contribution < -0.4 is 0 Å². The molecule has 0 atom stereocenters. The van der Waals surface area contributed by atoms with E-state index in [1.165, 1.54) is 5.56 Å². The van der Waals surface area contributed by atoms with Crippen LogP contribution in [0.3, 0.4) is 0 Å². The van der Waals surface area contributed by atoms with Gasteiger partial charge in [-0.1, -0.05) is 26.0 Å². The molecular formula is C19H28N2O4.